The van der Waals surface area contributed by atoms with E-state index in [4.69, 9.17) is 12.2 Å². The van der Waals surface area contributed by atoms with Crippen molar-refractivity contribution in [2.75, 3.05) is 17.2 Å². The zero-order valence-corrected chi connectivity index (χ0v) is 8.32. The fourth-order valence-corrected chi connectivity index (χ4v) is 1.55. The number of benzene rings is 1. The topological polar surface area (TPSA) is 24.1 Å². The second-order valence-electron chi connectivity index (χ2n) is 3.32. The van der Waals surface area contributed by atoms with Crippen LogP contribution < -0.4 is 10.6 Å². The molecule has 0 saturated carbocycles. The third-order valence-corrected chi connectivity index (χ3v) is 2.74. The summed E-state index contributed by atoms with van der Waals surface area (Å²) < 4.78 is 0. The zero-order chi connectivity index (χ0) is 9.26. The largest absolute Gasteiger partial charge is 0.383 e. The van der Waals surface area contributed by atoms with Gasteiger partial charge in [-0.2, -0.15) is 0 Å². The lowest BCUT2D eigenvalue weighted by atomic mass is 10.2. The van der Waals surface area contributed by atoms with Crippen molar-refractivity contribution in [3.05, 3.63) is 24.3 Å². The quantitative estimate of drug-likeness (QED) is 0.617. The predicted molar refractivity (Wildman–Crippen MR) is 60.3 cm³/mol. The number of anilines is 2. The van der Waals surface area contributed by atoms with Crippen molar-refractivity contribution in [3.63, 3.8) is 0 Å². The highest BCUT2D eigenvalue weighted by Crippen LogP contribution is 2.24. The highest BCUT2D eigenvalue weighted by Gasteiger charge is 2.14. The Morgan fingerprint density at radius 1 is 1.31 bits per heavy atom. The van der Waals surface area contributed by atoms with Crippen molar-refractivity contribution in [1.29, 1.82) is 0 Å². The molecule has 3 heteroatoms. The monoisotopic (exact) mass is 192 g/mol. The Bertz CT molecular complexity index is 335. The summed E-state index contributed by atoms with van der Waals surface area (Å²) >= 11 is 5.24. The minimum absolute atomic E-state index is 0.391. The molecule has 13 heavy (non-hydrogen) atoms. The molecule has 1 aliphatic heterocycles. The number of thiocarbonyl (C=S) groups is 1. The standard InChI is InChI=1S/C10H12N2S/c1-7-6-11-8-4-2-3-5-9(8)12-10(7)13/h2-5,7,11H,6H2,1H3,(H,12,13). The predicted octanol–water partition coefficient (Wildman–Crippen LogP) is 2.49. The van der Waals surface area contributed by atoms with Gasteiger partial charge in [0, 0.05) is 12.5 Å². The Labute approximate surface area is 83.3 Å². The zero-order valence-electron chi connectivity index (χ0n) is 7.50. The number of hydrogen-bond acceptors (Lipinski definition) is 2. The number of nitrogens with one attached hydrogen (secondary N) is 2. The second kappa shape index (κ2) is 3.34. The van der Waals surface area contributed by atoms with Crippen LogP contribution in [0.5, 0.6) is 0 Å². The summed E-state index contributed by atoms with van der Waals surface area (Å²) in [6.45, 7) is 3.02. The first-order chi connectivity index (χ1) is 6.27. The molecule has 0 fully saturated rings. The van der Waals surface area contributed by atoms with Gasteiger partial charge in [0.05, 0.1) is 16.4 Å². The molecule has 2 nitrogen and oxygen atoms in total. The molecule has 0 aromatic heterocycles. The Hall–Kier alpha value is -1.09. The Morgan fingerprint density at radius 3 is 2.77 bits per heavy atom. The molecule has 1 heterocycles. The van der Waals surface area contributed by atoms with Gasteiger partial charge in [-0.25, -0.2) is 0 Å². The molecule has 68 valence electrons. The van der Waals surface area contributed by atoms with Gasteiger partial charge in [-0.05, 0) is 12.1 Å². The fraction of sp³-hybridized carbons (Fsp3) is 0.300. The summed E-state index contributed by atoms with van der Waals surface area (Å²) in [6, 6.07) is 8.12. The van der Waals surface area contributed by atoms with Crippen LogP contribution in [0.4, 0.5) is 11.4 Å². The van der Waals surface area contributed by atoms with Crippen LogP contribution >= 0.6 is 12.2 Å². The van der Waals surface area contributed by atoms with Crippen LogP contribution in [0, 0.1) is 5.92 Å². The average Bonchev–Trinajstić information content (AvgIpc) is 2.28. The molecular weight excluding hydrogens is 180 g/mol. The molecule has 1 aromatic carbocycles. The number of rotatable bonds is 0. The molecule has 0 amide bonds. The molecule has 1 aliphatic rings. The molecule has 2 rings (SSSR count). The minimum atomic E-state index is 0.391. The third-order valence-electron chi connectivity index (χ3n) is 2.23. The SMILES string of the molecule is CC1CNc2ccccc2NC1=S. The van der Waals surface area contributed by atoms with Gasteiger partial charge in [-0.15, -0.1) is 0 Å². The molecule has 1 aromatic rings. The van der Waals surface area contributed by atoms with E-state index in [0.717, 1.165) is 22.9 Å². The molecule has 0 saturated heterocycles. The summed E-state index contributed by atoms with van der Waals surface area (Å²) in [5.41, 5.74) is 2.21. The van der Waals surface area contributed by atoms with Crippen LogP contribution in [-0.2, 0) is 0 Å². The van der Waals surface area contributed by atoms with E-state index in [-0.39, 0.29) is 0 Å². The van der Waals surface area contributed by atoms with Crippen molar-refractivity contribution in [2.45, 2.75) is 6.92 Å². The lowest BCUT2D eigenvalue weighted by molar-refractivity contribution is 0.833. The molecule has 0 aliphatic carbocycles. The second-order valence-corrected chi connectivity index (χ2v) is 3.76. The average molecular weight is 192 g/mol. The normalized spacial score (nSPS) is 21.0. The van der Waals surface area contributed by atoms with Crippen LogP contribution in [0.3, 0.4) is 0 Å². The minimum Gasteiger partial charge on any atom is -0.383 e. The smallest absolute Gasteiger partial charge is 0.0844 e. The summed E-state index contributed by atoms with van der Waals surface area (Å²) in [7, 11) is 0. The van der Waals surface area contributed by atoms with Gasteiger partial charge in [0.2, 0.25) is 0 Å². The first-order valence-electron chi connectivity index (χ1n) is 4.41. The van der Waals surface area contributed by atoms with Gasteiger partial charge in [0.15, 0.2) is 0 Å². The van der Waals surface area contributed by atoms with Crippen molar-refractivity contribution >= 4 is 28.6 Å². The van der Waals surface area contributed by atoms with Crippen LogP contribution in [0.15, 0.2) is 24.3 Å². The van der Waals surface area contributed by atoms with Gasteiger partial charge in [-0.1, -0.05) is 31.3 Å². The molecule has 1 unspecified atom stereocenters. The van der Waals surface area contributed by atoms with Crippen molar-refractivity contribution < 1.29 is 0 Å². The van der Waals surface area contributed by atoms with E-state index in [0.29, 0.717) is 5.92 Å². The van der Waals surface area contributed by atoms with Gasteiger partial charge >= 0.3 is 0 Å². The Balaban J connectivity index is 2.35. The maximum atomic E-state index is 5.24. The van der Waals surface area contributed by atoms with Crippen LogP contribution in [0.2, 0.25) is 0 Å². The summed E-state index contributed by atoms with van der Waals surface area (Å²) in [5.74, 6) is 0.391. The summed E-state index contributed by atoms with van der Waals surface area (Å²) in [5, 5.41) is 6.60. The van der Waals surface area contributed by atoms with Crippen molar-refractivity contribution in [2.24, 2.45) is 5.92 Å². The summed E-state index contributed by atoms with van der Waals surface area (Å²) in [4.78, 5) is 0.914. The maximum Gasteiger partial charge on any atom is 0.0844 e. The van der Waals surface area contributed by atoms with E-state index < -0.39 is 0 Å². The third kappa shape index (κ3) is 1.65. The molecular formula is C10H12N2S. The highest BCUT2D eigenvalue weighted by atomic mass is 32.1. The Morgan fingerprint density at radius 2 is 2.00 bits per heavy atom. The first kappa shape index (κ1) is 8.51. The molecule has 0 bridgehead atoms. The number of para-hydroxylation sites is 2. The van der Waals surface area contributed by atoms with Gasteiger partial charge in [0.25, 0.3) is 0 Å². The van der Waals surface area contributed by atoms with Gasteiger partial charge < -0.3 is 10.6 Å². The lowest BCUT2D eigenvalue weighted by Gasteiger charge is -2.08. The van der Waals surface area contributed by atoms with Gasteiger partial charge in [0.1, 0.15) is 0 Å². The maximum absolute atomic E-state index is 5.24. The van der Waals surface area contributed by atoms with E-state index in [1.165, 1.54) is 0 Å². The van der Waals surface area contributed by atoms with Gasteiger partial charge in [-0.3, -0.25) is 0 Å². The fourth-order valence-electron chi connectivity index (χ4n) is 1.36. The van der Waals surface area contributed by atoms with Crippen molar-refractivity contribution in [1.82, 2.24) is 0 Å². The van der Waals surface area contributed by atoms with E-state index >= 15 is 0 Å². The summed E-state index contributed by atoms with van der Waals surface area (Å²) in [6.07, 6.45) is 0. The number of fused-ring (bicyclic) bond motifs is 1. The molecule has 0 radical (unpaired) electrons. The van der Waals surface area contributed by atoms with Crippen LogP contribution in [-0.4, -0.2) is 11.5 Å². The lowest BCUT2D eigenvalue weighted by Crippen LogP contribution is -2.20. The van der Waals surface area contributed by atoms with E-state index in [1.54, 1.807) is 0 Å². The van der Waals surface area contributed by atoms with Crippen LogP contribution in [0.25, 0.3) is 0 Å². The first-order valence-corrected chi connectivity index (χ1v) is 4.82. The van der Waals surface area contributed by atoms with E-state index in [9.17, 15) is 0 Å². The van der Waals surface area contributed by atoms with E-state index in [2.05, 4.69) is 23.6 Å². The molecule has 0 spiro atoms. The molecule has 2 N–H and O–H groups in total. The van der Waals surface area contributed by atoms with Crippen molar-refractivity contribution in [3.8, 4) is 0 Å². The van der Waals surface area contributed by atoms with Crippen LogP contribution in [0.1, 0.15) is 6.92 Å². The Kier molecular flexibility index (Phi) is 2.19. The molecule has 1 atom stereocenters. The van der Waals surface area contributed by atoms with E-state index in [1.807, 2.05) is 18.2 Å². The highest BCUT2D eigenvalue weighted by molar-refractivity contribution is 7.80. The number of hydrogen-bond donors (Lipinski definition) is 2.